The second-order valence-corrected chi connectivity index (χ2v) is 3.29. The SMILES string of the molecule is Nc1cc(Br)cc(F)c1OCCO. The van der Waals surface area contributed by atoms with Crippen LogP contribution >= 0.6 is 15.9 Å². The van der Waals surface area contributed by atoms with E-state index in [1.807, 2.05) is 0 Å². The third-order valence-corrected chi connectivity index (χ3v) is 1.83. The number of aliphatic hydroxyl groups excluding tert-OH is 1. The van der Waals surface area contributed by atoms with Crippen LogP contribution in [0.15, 0.2) is 16.6 Å². The highest BCUT2D eigenvalue weighted by molar-refractivity contribution is 9.10. The van der Waals surface area contributed by atoms with Gasteiger partial charge in [0.05, 0.1) is 12.3 Å². The molecule has 0 spiro atoms. The van der Waals surface area contributed by atoms with Crippen molar-refractivity contribution in [2.45, 2.75) is 0 Å². The molecule has 0 bridgehead atoms. The zero-order valence-corrected chi connectivity index (χ0v) is 8.34. The Morgan fingerprint density at radius 1 is 1.54 bits per heavy atom. The average Bonchev–Trinajstić information content (AvgIpc) is 2.02. The molecule has 0 aromatic heterocycles. The van der Waals surface area contributed by atoms with Crippen molar-refractivity contribution in [2.24, 2.45) is 0 Å². The third-order valence-electron chi connectivity index (χ3n) is 1.37. The molecule has 0 saturated heterocycles. The van der Waals surface area contributed by atoms with E-state index in [-0.39, 0.29) is 24.7 Å². The fraction of sp³-hybridized carbons (Fsp3) is 0.250. The first kappa shape index (κ1) is 10.3. The van der Waals surface area contributed by atoms with Crippen molar-refractivity contribution >= 4 is 21.6 Å². The van der Waals surface area contributed by atoms with Crippen LogP contribution in [-0.2, 0) is 0 Å². The van der Waals surface area contributed by atoms with Gasteiger partial charge >= 0.3 is 0 Å². The summed E-state index contributed by atoms with van der Waals surface area (Å²) in [5.41, 5.74) is 5.69. The minimum Gasteiger partial charge on any atom is -0.486 e. The maximum Gasteiger partial charge on any atom is 0.177 e. The van der Waals surface area contributed by atoms with E-state index in [1.165, 1.54) is 12.1 Å². The minimum absolute atomic E-state index is 0.0164. The Morgan fingerprint density at radius 2 is 2.23 bits per heavy atom. The van der Waals surface area contributed by atoms with Gasteiger partial charge in [0.1, 0.15) is 6.61 Å². The summed E-state index contributed by atoms with van der Waals surface area (Å²) in [7, 11) is 0. The number of benzene rings is 1. The molecule has 5 heteroatoms. The quantitative estimate of drug-likeness (QED) is 0.800. The van der Waals surface area contributed by atoms with Crippen LogP contribution in [0, 0.1) is 5.82 Å². The summed E-state index contributed by atoms with van der Waals surface area (Å²) < 4.78 is 18.6. The highest BCUT2D eigenvalue weighted by atomic mass is 79.9. The number of hydrogen-bond donors (Lipinski definition) is 2. The van der Waals surface area contributed by atoms with Crippen LogP contribution in [-0.4, -0.2) is 18.3 Å². The number of aliphatic hydroxyl groups is 1. The Labute approximate surface area is 83.4 Å². The van der Waals surface area contributed by atoms with Crippen molar-refractivity contribution in [3.05, 3.63) is 22.4 Å². The standard InChI is InChI=1S/C8H9BrFNO2/c9-5-3-6(10)8(7(11)4-5)13-2-1-12/h3-4,12H,1-2,11H2. The maximum atomic E-state index is 13.1. The molecular formula is C8H9BrFNO2. The second kappa shape index (κ2) is 4.43. The molecule has 0 radical (unpaired) electrons. The van der Waals surface area contributed by atoms with E-state index in [2.05, 4.69) is 15.9 Å². The topological polar surface area (TPSA) is 55.5 Å². The molecule has 1 rings (SSSR count). The van der Waals surface area contributed by atoms with Gasteiger partial charge in [0.2, 0.25) is 0 Å². The van der Waals surface area contributed by atoms with Crippen molar-refractivity contribution in [3.63, 3.8) is 0 Å². The van der Waals surface area contributed by atoms with Gasteiger partial charge in [-0.1, -0.05) is 15.9 Å². The molecule has 1 aromatic carbocycles. The Morgan fingerprint density at radius 3 is 2.77 bits per heavy atom. The predicted octanol–water partition coefficient (Wildman–Crippen LogP) is 1.54. The normalized spacial score (nSPS) is 10.1. The lowest BCUT2D eigenvalue weighted by Crippen LogP contribution is -2.05. The Bertz CT molecular complexity index is 283. The molecule has 1 aromatic rings. The predicted molar refractivity (Wildman–Crippen MR) is 51.1 cm³/mol. The van der Waals surface area contributed by atoms with E-state index in [0.29, 0.717) is 4.47 Å². The number of ether oxygens (including phenoxy) is 1. The summed E-state index contributed by atoms with van der Waals surface area (Å²) in [6.45, 7) is -0.141. The average molecular weight is 250 g/mol. The number of nitrogen functional groups attached to an aromatic ring is 1. The van der Waals surface area contributed by atoms with Gasteiger partial charge in [-0.3, -0.25) is 0 Å². The molecule has 0 fully saturated rings. The Balaban J connectivity index is 2.92. The molecule has 0 aliphatic carbocycles. The first-order chi connectivity index (χ1) is 6.15. The molecule has 72 valence electrons. The Kier molecular flexibility index (Phi) is 3.50. The van der Waals surface area contributed by atoms with Crippen molar-refractivity contribution in [1.82, 2.24) is 0 Å². The molecular weight excluding hydrogens is 241 g/mol. The highest BCUT2D eigenvalue weighted by Crippen LogP contribution is 2.29. The zero-order chi connectivity index (χ0) is 9.84. The number of rotatable bonds is 3. The third kappa shape index (κ3) is 2.57. The number of hydrogen-bond acceptors (Lipinski definition) is 3. The van der Waals surface area contributed by atoms with Crippen LogP contribution in [0.3, 0.4) is 0 Å². The van der Waals surface area contributed by atoms with Crippen LogP contribution in [0.4, 0.5) is 10.1 Å². The van der Waals surface area contributed by atoms with Crippen LogP contribution in [0.2, 0.25) is 0 Å². The molecule has 0 atom stereocenters. The van der Waals surface area contributed by atoms with E-state index in [4.69, 9.17) is 15.6 Å². The molecule has 3 nitrogen and oxygen atoms in total. The van der Waals surface area contributed by atoms with E-state index < -0.39 is 5.82 Å². The van der Waals surface area contributed by atoms with Crippen LogP contribution < -0.4 is 10.5 Å². The van der Waals surface area contributed by atoms with Crippen molar-refractivity contribution < 1.29 is 14.2 Å². The smallest absolute Gasteiger partial charge is 0.177 e. The molecule has 0 unspecified atom stereocenters. The largest absolute Gasteiger partial charge is 0.486 e. The van der Waals surface area contributed by atoms with E-state index in [9.17, 15) is 4.39 Å². The van der Waals surface area contributed by atoms with Gasteiger partial charge in [-0.15, -0.1) is 0 Å². The molecule has 0 amide bonds. The summed E-state index contributed by atoms with van der Waals surface area (Å²) in [6, 6.07) is 2.79. The lowest BCUT2D eigenvalue weighted by atomic mass is 10.3. The van der Waals surface area contributed by atoms with Crippen LogP contribution in [0.1, 0.15) is 0 Å². The van der Waals surface area contributed by atoms with Crippen LogP contribution in [0.25, 0.3) is 0 Å². The summed E-state index contributed by atoms with van der Waals surface area (Å²) in [4.78, 5) is 0. The van der Waals surface area contributed by atoms with Crippen molar-refractivity contribution in [2.75, 3.05) is 18.9 Å². The molecule has 3 N–H and O–H groups in total. The van der Waals surface area contributed by atoms with Crippen molar-refractivity contribution in [1.29, 1.82) is 0 Å². The monoisotopic (exact) mass is 249 g/mol. The van der Waals surface area contributed by atoms with Crippen molar-refractivity contribution in [3.8, 4) is 5.75 Å². The summed E-state index contributed by atoms with van der Waals surface area (Å²) >= 11 is 3.09. The Hall–Kier alpha value is -0.810. The second-order valence-electron chi connectivity index (χ2n) is 2.38. The van der Waals surface area contributed by atoms with Gasteiger partial charge in [0, 0.05) is 4.47 Å². The van der Waals surface area contributed by atoms with E-state index in [1.54, 1.807) is 0 Å². The van der Waals surface area contributed by atoms with Gasteiger partial charge in [0.25, 0.3) is 0 Å². The molecule has 0 heterocycles. The zero-order valence-electron chi connectivity index (χ0n) is 6.76. The molecule has 13 heavy (non-hydrogen) atoms. The van der Waals surface area contributed by atoms with Gasteiger partial charge < -0.3 is 15.6 Å². The molecule has 0 saturated carbocycles. The number of halogens is 2. The van der Waals surface area contributed by atoms with Crippen LogP contribution in [0.5, 0.6) is 5.75 Å². The fourth-order valence-electron chi connectivity index (χ4n) is 0.880. The lowest BCUT2D eigenvalue weighted by molar-refractivity contribution is 0.197. The number of anilines is 1. The lowest BCUT2D eigenvalue weighted by Gasteiger charge is -2.08. The maximum absolute atomic E-state index is 13.1. The van der Waals surface area contributed by atoms with Gasteiger partial charge in [-0.2, -0.15) is 0 Å². The van der Waals surface area contributed by atoms with Gasteiger partial charge in [-0.05, 0) is 12.1 Å². The van der Waals surface area contributed by atoms with Gasteiger partial charge in [0.15, 0.2) is 11.6 Å². The van der Waals surface area contributed by atoms with Gasteiger partial charge in [-0.25, -0.2) is 4.39 Å². The molecule has 0 aliphatic heterocycles. The first-order valence-electron chi connectivity index (χ1n) is 3.63. The summed E-state index contributed by atoms with van der Waals surface area (Å²) in [6.07, 6.45) is 0. The molecule has 0 aliphatic rings. The fourth-order valence-corrected chi connectivity index (χ4v) is 1.33. The minimum atomic E-state index is -0.541. The summed E-state index contributed by atoms with van der Waals surface area (Å²) in [5.74, 6) is -0.558. The summed E-state index contributed by atoms with van der Waals surface area (Å²) in [5, 5.41) is 8.47. The van der Waals surface area contributed by atoms with E-state index in [0.717, 1.165) is 0 Å². The highest BCUT2D eigenvalue weighted by Gasteiger charge is 2.08. The van der Waals surface area contributed by atoms with E-state index >= 15 is 0 Å². The first-order valence-corrected chi connectivity index (χ1v) is 4.42. The number of nitrogens with two attached hydrogens (primary N) is 1.